The summed E-state index contributed by atoms with van der Waals surface area (Å²) < 4.78 is 20.5. The minimum absolute atomic E-state index is 0.232. The lowest BCUT2D eigenvalue weighted by Crippen LogP contribution is -1.89. The maximum atomic E-state index is 13.4. The van der Waals surface area contributed by atoms with Crippen LogP contribution in [0.1, 0.15) is 5.56 Å². The molecule has 102 valence electrons. The Morgan fingerprint density at radius 3 is 2.55 bits per heavy atom. The van der Waals surface area contributed by atoms with E-state index < -0.39 is 0 Å². The minimum Gasteiger partial charge on any atom is -0.497 e. The van der Waals surface area contributed by atoms with E-state index in [9.17, 15) is 4.39 Å². The fraction of sp³-hybridized carbons (Fsp3) is 0.125. The number of hydrogen-bond donors (Lipinski definition) is 0. The lowest BCUT2D eigenvalue weighted by Gasteiger charge is -2.06. The molecule has 0 aliphatic rings. The van der Waals surface area contributed by atoms with Gasteiger partial charge in [-0.2, -0.15) is 0 Å². The van der Waals surface area contributed by atoms with Crippen LogP contribution in [0.5, 0.6) is 5.75 Å². The summed E-state index contributed by atoms with van der Waals surface area (Å²) in [5.74, 6) is 0.599. The molecule has 2 heterocycles. The monoisotopic (exact) mass is 287 g/mol. The molecule has 3 rings (SSSR count). The first-order chi connectivity index (χ1) is 9.67. The predicted octanol–water partition coefficient (Wildman–Crippen LogP) is 4.55. The Morgan fingerprint density at radius 2 is 1.85 bits per heavy atom. The molecular weight excluding hydrogens is 273 g/mol. The highest BCUT2D eigenvalue weighted by molar-refractivity contribution is 7.99. The van der Waals surface area contributed by atoms with Gasteiger partial charge in [-0.3, -0.25) is 0 Å². The van der Waals surface area contributed by atoms with Crippen molar-refractivity contribution >= 4 is 17.3 Å². The molecule has 0 aliphatic heterocycles. The normalized spacial score (nSPS) is 10.9. The highest BCUT2D eigenvalue weighted by atomic mass is 32.2. The van der Waals surface area contributed by atoms with Crippen LogP contribution in [0.15, 0.2) is 58.6 Å². The first-order valence-electron chi connectivity index (χ1n) is 6.26. The fourth-order valence-electron chi connectivity index (χ4n) is 2.14. The van der Waals surface area contributed by atoms with Crippen LogP contribution in [0.2, 0.25) is 0 Å². The Labute approximate surface area is 121 Å². The molecule has 0 amide bonds. The molecule has 0 radical (unpaired) electrons. The lowest BCUT2D eigenvalue weighted by molar-refractivity contribution is 0.414. The molecule has 0 bridgehead atoms. The fourth-order valence-corrected chi connectivity index (χ4v) is 3.11. The molecule has 20 heavy (non-hydrogen) atoms. The molecule has 2 nitrogen and oxygen atoms in total. The van der Waals surface area contributed by atoms with Gasteiger partial charge < -0.3 is 9.14 Å². The summed E-state index contributed by atoms with van der Waals surface area (Å²) in [6.07, 6.45) is 1.52. The Hall–Kier alpha value is -1.94. The number of fused-ring (bicyclic) bond motifs is 1. The maximum Gasteiger partial charge on any atom is 0.139 e. The molecule has 1 aromatic carbocycles. The molecular formula is C16H14FNOS. The Bertz CT molecular complexity index is 749. The number of pyridine rings is 1. The van der Waals surface area contributed by atoms with Crippen molar-refractivity contribution in [2.45, 2.75) is 16.8 Å². The second-order valence-electron chi connectivity index (χ2n) is 4.55. The number of hydrogen-bond acceptors (Lipinski definition) is 2. The maximum absolute atomic E-state index is 13.4. The third-order valence-corrected chi connectivity index (χ3v) is 4.36. The molecule has 0 unspecified atom stereocenters. The Morgan fingerprint density at radius 1 is 1.10 bits per heavy atom. The number of rotatable bonds is 3. The summed E-state index contributed by atoms with van der Waals surface area (Å²) in [5, 5.41) is 1.03. The van der Waals surface area contributed by atoms with E-state index in [0.29, 0.717) is 0 Å². The predicted molar refractivity (Wildman–Crippen MR) is 79.2 cm³/mol. The van der Waals surface area contributed by atoms with E-state index in [1.807, 2.05) is 35.6 Å². The van der Waals surface area contributed by atoms with Crippen molar-refractivity contribution in [2.24, 2.45) is 0 Å². The SMILES string of the molecule is COc1ccc(Sc2c(C)cc3ccc(F)cn23)cc1. The van der Waals surface area contributed by atoms with Gasteiger partial charge in [-0.15, -0.1) is 0 Å². The van der Waals surface area contributed by atoms with Gasteiger partial charge in [0.05, 0.1) is 12.1 Å². The van der Waals surface area contributed by atoms with Gasteiger partial charge in [-0.1, -0.05) is 11.8 Å². The molecule has 0 spiro atoms. The summed E-state index contributed by atoms with van der Waals surface area (Å²) in [5.41, 5.74) is 2.14. The average molecular weight is 287 g/mol. The van der Waals surface area contributed by atoms with Gasteiger partial charge in [0, 0.05) is 16.6 Å². The summed E-state index contributed by atoms with van der Waals surface area (Å²) in [7, 11) is 1.65. The van der Waals surface area contributed by atoms with E-state index in [1.54, 1.807) is 24.9 Å². The summed E-state index contributed by atoms with van der Waals surface area (Å²) in [6.45, 7) is 2.04. The highest BCUT2D eigenvalue weighted by Crippen LogP contribution is 2.33. The van der Waals surface area contributed by atoms with Crippen LogP contribution in [0, 0.1) is 12.7 Å². The second-order valence-corrected chi connectivity index (χ2v) is 5.61. The number of ether oxygens (including phenoxy) is 1. The summed E-state index contributed by atoms with van der Waals surface area (Å²) >= 11 is 1.62. The zero-order valence-electron chi connectivity index (χ0n) is 11.3. The molecule has 0 N–H and O–H groups in total. The number of nitrogens with zero attached hydrogens (tertiary/aromatic N) is 1. The van der Waals surface area contributed by atoms with Crippen molar-refractivity contribution in [1.82, 2.24) is 4.40 Å². The summed E-state index contributed by atoms with van der Waals surface area (Å²) in [4.78, 5) is 1.10. The topological polar surface area (TPSA) is 13.6 Å². The van der Waals surface area contributed by atoms with E-state index in [2.05, 4.69) is 6.07 Å². The van der Waals surface area contributed by atoms with Gasteiger partial charge in [-0.25, -0.2) is 4.39 Å². The highest BCUT2D eigenvalue weighted by Gasteiger charge is 2.09. The van der Waals surface area contributed by atoms with Crippen LogP contribution in [-0.4, -0.2) is 11.5 Å². The zero-order chi connectivity index (χ0) is 14.1. The van der Waals surface area contributed by atoms with E-state index in [4.69, 9.17) is 4.74 Å². The molecule has 0 saturated carbocycles. The third kappa shape index (κ3) is 2.39. The van der Waals surface area contributed by atoms with Gasteiger partial charge in [-0.05, 0) is 55.0 Å². The van der Waals surface area contributed by atoms with Crippen molar-refractivity contribution in [2.75, 3.05) is 7.11 Å². The lowest BCUT2D eigenvalue weighted by atomic mass is 10.3. The van der Waals surface area contributed by atoms with Crippen molar-refractivity contribution in [3.63, 3.8) is 0 Å². The quantitative estimate of drug-likeness (QED) is 0.701. The Kier molecular flexibility index (Phi) is 3.40. The van der Waals surface area contributed by atoms with Crippen LogP contribution < -0.4 is 4.74 Å². The molecule has 0 fully saturated rings. The van der Waals surface area contributed by atoms with Gasteiger partial charge in [0.15, 0.2) is 0 Å². The van der Waals surface area contributed by atoms with Crippen LogP contribution in [0.25, 0.3) is 5.52 Å². The van der Waals surface area contributed by atoms with Gasteiger partial charge >= 0.3 is 0 Å². The van der Waals surface area contributed by atoms with Gasteiger partial charge in [0.1, 0.15) is 11.6 Å². The van der Waals surface area contributed by atoms with Crippen molar-refractivity contribution in [3.05, 3.63) is 60.0 Å². The van der Waals surface area contributed by atoms with Gasteiger partial charge in [0.25, 0.3) is 0 Å². The average Bonchev–Trinajstić information content (AvgIpc) is 2.76. The molecule has 2 aromatic heterocycles. The van der Waals surface area contributed by atoms with E-state index in [1.165, 1.54) is 12.3 Å². The van der Waals surface area contributed by atoms with Crippen LogP contribution >= 0.6 is 11.8 Å². The van der Waals surface area contributed by atoms with Crippen LogP contribution in [0.4, 0.5) is 4.39 Å². The zero-order valence-corrected chi connectivity index (χ0v) is 12.1. The van der Waals surface area contributed by atoms with Gasteiger partial charge in [0.2, 0.25) is 0 Å². The van der Waals surface area contributed by atoms with Crippen LogP contribution in [-0.2, 0) is 0 Å². The van der Waals surface area contributed by atoms with Crippen LogP contribution in [0.3, 0.4) is 0 Å². The summed E-state index contributed by atoms with van der Waals surface area (Å²) in [6, 6.07) is 13.2. The second kappa shape index (κ2) is 5.21. The molecule has 0 aliphatic carbocycles. The first-order valence-corrected chi connectivity index (χ1v) is 7.08. The first kappa shape index (κ1) is 13.1. The standard InChI is InChI=1S/C16H14FNOS/c1-11-9-13-4-3-12(17)10-18(13)16(11)20-15-7-5-14(19-2)6-8-15/h3-10H,1-2H3. The van der Waals surface area contributed by atoms with E-state index >= 15 is 0 Å². The van der Waals surface area contributed by atoms with E-state index in [-0.39, 0.29) is 5.82 Å². The smallest absolute Gasteiger partial charge is 0.139 e. The van der Waals surface area contributed by atoms with E-state index in [0.717, 1.165) is 26.8 Å². The number of halogens is 1. The van der Waals surface area contributed by atoms with Crippen molar-refractivity contribution in [1.29, 1.82) is 0 Å². The number of aromatic nitrogens is 1. The molecule has 3 aromatic rings. The minimum atomic E-state index is -0.232. The largest absolute Gasteiger partial charge is 0.497 e. The number of benzene rings is 1. The van der Waals surface area contributed by atoms with Crippen molar-refractivity contribution in [3.8, 4) is 5.75 Å². The third-order valence-electron chi connectivity index (χ3n) is 3.14. The number of aryl methyl sites for hydroxylation is 1. The number of methoxy groups -OCH3 is 1. The molecule has 4 heteroatoms. The van der Waals surface area contributed by atoms with Crippen molar-refractivity contribution < 1.29 is 9.13 Å². The Balaban J connectivity index is 2.00. The molecule has 0 atom stereocenters. The molecule has 0 saturated heterocycles.